The molecule has 5 nitrogen and oxygen atoms in total. The van der Waals surface area contributed by atoms with Gasteiger partial charge in [-0.1, -0.05) is 65.7 Å². The highest BCUT2D eigenvalue weighted by atomic mass is 35.5. The summed E-state index contributed by atoms with van der Waals surface area (Å²) in [4.78, 5) is 24.9. The molecular weight excluding hydrogens is 373 g/mol. The Balaban J connectivity index is 1.74. The highest BCUT2D eigenvalue weighted by molar-refractivity contribution is 6.43. The van der Waals surface area contributed by atoms with Gasteiger partial charge in [0, 0.05) is 5.56 Å². The minimum atomic E-state index is -0.998. The van der Waals surface area contributed by atoms with Crippen molar-refractivity contribution < 1.29 is 9.59 Å². The van der Waals surface area contributed by atoms with Crippen LogP contribution in [0.1, 0.15) is 24.5 Å². The van der Waals surface area contributed by atoms with Gasteiger partial charge in [-0.2, -0.15) is 5.10 Å². The van der Waals surface area contributed by atoms with Crippen LogP contribution in [0.4, 0.5) is 4.79 Å². The zero-order valence-electron chi connectivity index (χ0n) is 14.1. The normalized spacial score (nSPS) is 20.0. The average Bonchev–Trinajstić information content (AvgIpc) is 2.85. The molecule has 1 fully saturated rings. The molecule has 1 heterocycles. The van der Waals surface area contributed by atoms with Gasteiger partial charge < -0.3 is 5.32 Å². The van der Waals surface area contributed by atoms with Crippen molar-refractivity contribution in [3.8, 4) is 0 Å². The van der Waals surface area contributed by atoms with Crippen LogP contribution >= 0.6 is 23.2 Å². The zero-order valence-corrected chi connectivity index (χ0v) is 15.6. The van der Waals surface area contributed by atoms with E-state index < -0.39 is 17.5 Å². The van der Waals surface area contributed by atoms with Crippen molar-refractivity contribution in [3.05, 3.63) is 69.7 Å². The predicted molar refractivity (Wildman–Crippen MR) is 103 cm³/mol. The number of hydrazone groups is 1. The number of nitrogens with one attached hydrogen (secondary N) is 1. The topological polar surface area (TPSA) is 61.8 Å². The Kier molecular flexibility index (Phi) is 5.30. The van der Waals surface area contributed by atoms with Gasteiger partial charge in [-0.15, -0.1) is 5.01 Å². The molecule has 0 saturated carbocycles. The first kappa shape index (κ1) is 18.4. The molecule has 2 aromatic rings. The number of imide groups is 1. The van der Waals surface area contributed by atoms with Gasteiger partial charge in [0.15, 0.2) is 0 Å². The fourth-order valence-corrected chi connectivity index (χ4v) is 3.08. The summed E-state index contributed by atoms with van der Waals surface area (Å²) in [6, 6.07) is 14.3. The van der Waals surface area contributed by atoms with Crippen LogP contribution in [0.25, 0.3) is 0 Å². The third-order valence-corrected chi connectivity index (χ3v) is 5.12. The van der Waals surface area contributed by atoms with Gasteiger partial charge in [-0.25, -0.2) is 4.79 Å². The minimum absolute atomic E-state index is 0.316. The van der Waals surface area contributed by atoms with E-state index in [1.54, 1.807) is 25.1 Å². The Labute approximate surface area is 161 Å². The summed E-state index contributed by atoms with van der Waals surface area (Å²) in [5.74, 6) is -0.396. The van der Waals surface area contributed by atoms with E-state index in [1.165, 1.54) is 6.21 Å². The van der Waals surface area contributed by atoms with E-state index in [4.69, 9.17) is 23.2 Å². The maximum absolute atomic E-state index is 12.7. The van der Waals surface area contributed by atoms with Crippen LogP contribution in [0.3, 0.4) is 0 Å². The molecule has 1 aliphatic heterocycles. The van der Waals surface area contributed by atoms with E-state index in [0.717, 1.165) is 10.6 Å². The maximum Gasteiger partial charge on any atom is 0.346 e. The predicted octanol–water partition coefficient (Wildman–Crippen LogP) is 4.27. The van der Waals surface area contributed by atoms with E-state index in [0.29, 0.717) is 28.5 Å². The summed E-state index contributed by atoms with van der Waals surface area (Å²) in [6.45, 7) is 1.71. The van der Waals surface area contributed by atoms with E-state index in [9.17, 15) is 9.59 Å². The van der Waals surface area contributed by atoms with Crippen molar-refractivity contribution in [1.82, 2.24) is 10.3 Å². The summed E-state index contributed by atoms with van der Waals surface area (Å²) < 4.78 is 0. The van der Waals surface area contributed by atoms with Gasteiger partial charge in [0.25, 0.3) is 5.91 Å². The zero-order chi connectivity index (χ0) is 18.7. The van der Waals surface area contributed by atoms with Crippen molar-refractivity contribution in [3.63, 3.8) is 0 Å². The van der Waals surface area contributed by atoms with Crippen LogP contribution in [-0.2, 0) is 11.2 Å². The van der Waals surface area contributed by atoms with Crippen LogP contribution in [0.2, 0.25) is 10.0 Å². The molecule has 7 heteroatoms. The molecule has 0 bridgehead atoms. The second-order valence-electron chi connectivity index (χ2n) is 6.25. The molecular formula is C19H17Cl2N3O2. The van der Waals surface area contributed by atoms with Gasteiger partial charge in [-0.3, -0.25) is 4.79 Å². The Morgan fingerprint density at radius 1 is 1.12 bits per heavy atom. The van der Waals surface area contributed by atoms with E-state index in [2.05, 4.69) is 10.4 Å². The Morgan fingerprint density at radius 2 is 1.85 bits per heavy atom. The third kappa shape index (κ3) is 3.74. The summed E-state index contributed by atoms with van der Waals surface area (Å²) in [5, 5.41) is 8.27. The van der Waals surface area contributed by atoms with Gasteiger partial charge >= 0.3 is 6.03 Å². The number of nitrogens with zero attached hydrogens (tertiary/aromatic N) is 2. The molecule has 1 aliphatic rings. The second kappa shape index (κ2) is 7.48. The van der Waals surface area contributed by atoms with Crippen molar-refractivity contribution in [2.45, 2.75) is 25.3 Å². The Morgan fingerprint density at radius 3 is 2.58 bits per heavy atom. The lowest BCUT2D eigenvalue weighted by Crippen LogP contribution is -2.44. The number of benzene rings is 2. The van der Waals surface area contributed by atoms with Crippen molar-refractivity contribution in [2.24, 2.45) is 5.10 Å². The van der Waals surface area contributed by atoms with Gasteiger partial charge in [0.2, 0.25) is 0 Å². The Hall–Kier alpha value is -2.37. The molecule has 2 aromatic carbocycles. The molecule has 0 spiro atoms. The molecule has 1 atom stereocenters. The number of hydrogen-bond acceptors (Lipinski definition) is 3. The molecule has 1 saturated heterocycles. The average molecular weight is 390 g/mol. The van der Waals surface area contributed by atoms with Crippen LogP contribution in [0.5, 0.6) is 0 Å². The second-order valence-corrected chi connectivity index (χ2v) is 7.04. The quantitative estimate of drug-likeness (QED) is 0.612. The molecule has 134 valence electrons. The molecule has 0 unspecified atom stereocenters. The maximum atomic E-state index is 12.7. The molecule has 3 rings (SSSR count). The smallest absolute Gasteiger partial charge is 0.322 e. The van der Waals surface area contributed by atoms with Crippen LogP contribution in [0, 0.1) is 0 Å². The highest BCUT2D eigenvalue weighted by Gasteiger charge is 2.47. The molecule has 0 aromatic heterocycles. The van der Waals surface area contributed by atoms with Gasteiger partial charge in [0.1, 0.15) is 5.54 Å². The van der Waals surface area contributed by atoms with E-state index >= 15 is 0 Å². The molecule has 26 heavy (non-hydrogen) atoms. The number of rotatable bonds is 5. The number of hydrogen-bond donors (Lipinski definition) is 1. The molecule has 3 amide bonds. The summed E-state index contributed by atoms with van der Waals surface area (Å²) >= 11 is 12.1. The number of amides is 3. The van der Waals surface area contributed by atoms with Gasteiger partial charge in [0.05, 0.1) is 16.3 Å². The first-order valence-electron chi connectivity index (χ1n) is 8.09. The number of halogens is 2. The minimum Gasteiger partial charge on any atom is -0.322 e. The van der Waals surface area contributed by atoms with Crippen LogP contribution in [-0.4, -0.2) is 28.7 Å². The lowest BCUT2D eigenvalue weighted by Gasteiger charge is -2.20. The lowest BCUT2D eigenvalue weighted by molar-refractivity contribution is -0.130. The molecule has 0 radical (unpaired) electrons. The van der Waals surface area contributed by atoms with Crippen LogP contribution in [0.15, 0.2) is 53.6 Å². The van der Waals surface area contributed by atoms with E-state index in [1.807, 2.05) is 30.3 Å². The highest BCUT2D eigenvalue weighted by Crippen LogP contribution is 2.26. The SMILES string of the molecule is C[C@@]1(CCc2ccccc2)NC(=O)N(/N=C\c2cccc(Cl)c2Cl)C1=O. The lowest BCUT2D eigenvalue weighted by atomic mass is 9.93. The van der Waals surface area contributed by atoms with Crippen molar-refractivity contribution in [1.29, 1.82) is 0 Å². The first-order chi connectivity index (χ1) is 12.4. The summed E-state index contributed by atoms with van der Waals surface area (Å²) in [7, 11) is 0. The van der Waals surface area contributed by atoms with Crippen molar-refractivity contribution in [2.75, 3.05) is 0 Å². The van der Waals surface area contributed by atoms with E-state index in [-0.39, 0.29) is 0 Å². The number of carbonyl (C=O) groups excluding carboxylic acids is 2. The fraction of sp³-hybridized carbons (Fsp3) is 0.211. The molecule has 1 N–H and O–H groups in total. The standard InChI is InChI=1S/C19H17Cl2N3O2/c1-19(11-10-13-6-3-2-4-7-13)17(25)24(18(26)23-19)22-12-14-8-5-9-15(20)16(14)21/h2-9,12H,10-11H2,1H3,(H,23,26)/b22-12-/t19-/m0/s1. The number of aryl methyl sites for hydroxylation is 1. The Bertz CT molecular complexity index is 870. The largest absolute Gasteiger partial charge is 0.346 e. The summed E-state index contributed by atoms with van der Waals surface area (Å²) in [5.41, 5.74) is 0.628. The number of urea groups is 1. The fourth-order valence-electron chi connectivity index (χ4n) is 2.72. The third-order valence-electron chi connectivity index (χ3n) is 4.29. The first-order valence-corrected chi connectivity index (χ1v) is 8.85. The van der Waals surface area contributed by atoms with Crippen molar-refractivity contribution >= 4 is 41.4 Å². The monoisotopic (exact) mass is 389 g/mol. The summed E-state index contributed by atoms with van der Waals surface area (Å²) in [6.07, 6.45) is 2.50. The number of carbonyl (C=O) groups is 2. The van der Waals surface area contributed by atoms with Crippen LogP contribution < -0.4 is 5.32 Å². The molecule has 0 aliphatic carbocycles. The van der Waals surface area contributed by atoms with Gasteiger partial charge in [-0.05, 0) is 31.4 Å².